The molecule has 1 aliphatic rings. The molecule has 0 radical (unpaired) electrons. The molecule has 1 atom stereocenters. The number of rotatable bonds is 4. The molecule has 1 unspecified atom stereocenters. The third kappa shape index (κ3) is 2.47. The predicted molar refractivity (Wildman–Crippen MR) is 75.2 cm³/mol. The lowest BCUT2D eigenvalue weighted by Crippen LogP contribution is -2.36. The summed E-state index contributed by atoms with van der Waals surface area (Å²) in [6, 6.07) is 8.54. The molecule has 1 heterocycles. The molecular formula is C16H21NO. The minimum atomic E-state index is 0.155. The average Bonchev–Trinajstić information content (AvgIpc) is 2.78. The maximum absolute atomic E-state index is 11.8. The average molecular weight is 243 g/mol. The Morgan fingerprint density at radius 1 is 1.39 bits per heavy atom. The molecule has 0 saturated carbocycles. The van der Waals surface area contributed by atoms with Crippen LogP contribution in [0.5, 0.6) is 0 Å². The summed E-state index contributed by atoms with van der Waals surface area (Å²) in [6.45, 7) is 9.29. The van der Waals surface area contributed by atoms with Crippen molar-refractivity contribution in [3.05, 3.63) is 42.0 Å². The molecule has 0 aromatic heterocycles. The normalized spacial score (nSPS) is 17.0. The van der Waals surface area contributed by atoms with Crippen LogP contribution < -0.4 is 0 Å². The minimum Gasteiger partial charge on any atom is -0.336 e. The highest BCUT2D eigenvalue weighted by atomic mass is 16.2. The van der Waals surface area contributed by atoms with Crippen molar-refractivity contribution in [3.63, 3.8) is 0 Å². The first-order valence-corrected chi connectivity index (χ1v) is 6.68. The Hall–Kier alpha value is -1.57. The van der Waals surface area contributed by atoms with Gasteiger partial charge in [0.05, 0.1) is 6.04 Å². The van der Waals surface area contributed by atoms with Crippen LogP contribution in [0.4, 0.5) is 0 Å². The molecule has 2 heteroatoms. The Morgan fingerprint density at radius 3 is 2.56 bits per heavy atom. The summed E-state index contributed by atoms with van der Waals surface area (Å²) in [6.07, 6.45) is 2.60. The standard InChI is InChI=1S/C16H21NO/c1-4-15(17-11-5-6-16(17)18)13(3)14-9-7-12(2)8-10-14/h7-10,15H,3-6,11H2,1-2H3. The van der Waals surface area contributed by atoms with E-state index in [9.17, 15) is 4.79 Å². The molecule has 1 amide bonds. The van der Waals surface area contributed by atoms with E-state index in [1.807, 2.05) is 4.90 Å². The fraction of sp³-hybridized carbons (Fsp3) is 0.438. The first-order chi connectivity index (χ1) is 8.63. The van der Waals surface area contributed by atoms with Crippen molar-refractivity contribution in [1.82, 2.24) is 4.90 Å². The number of carbonyl (C=O) groups is 1. The van der Waals surface area contributed by atoms with Crippen molar-refractivity contribution < 1.29 is 4.79 Å². The van der Waals surface area contributed by atoms with Crippen molar-refractivity contribution in [1.29, 1.82) is 0 Å². The fourth-order valence-electron chi connectivity index (χ4n) is 2.61. The lowest BCUT2D eigenvalue weighted by Gasteiger charge is -2.29. The molecule has 1 fully saturated rings. The van der Waals surface area contributed by atoms with E-state index in [0.29, 0.717) is 6.42 Å². The van der Waals surface area contributed by atoms with Gasteiger partial charge in [-0.25, -0.2) is 0 Å². The number of hydrogen-bond donors (Lipinski definition) is 0. The second-order valence-electron chi connectivity index (χ2n) is 5.01. The molecule has 0 bridgehead atoms. The zero-order chi connectivity index (χ0) is 13.1. The van der Waals surface area contributed by atoms with Gasteiger partial charge in [0.15, 0.2) is 0 Å². The van der Waals surface area contributed by atoms with Crippen molar-refractivity contribution in [2.45, 2.75) is 39.2 Å². The maximum Gasteiger partial charge on any atom is 0.223 e. The second kappa shape index (κ2) is 5.38. The van der Waals surface area contributed by atoms with E-state index in [1.54, 1.807) is 0 Å². The Kier molecular flexibility index (Phi) is 3.85. The molecule has 1 saturated heterocycles. The number of aryl methyl sites for hydroxylation is 1. The SMILES string of the molecule is C=C(c1ccc(C)cc1)C(CC)N1CCCC1=O. The molecule has 1 aromatic rings. The number of nitrogens with zero attached hydrogens (tertiary/aromatic N) is 1. The molecule has 0 aliphatic carbocycles. The van der Waals surface area contributed by atoms with Gasteiger partial charge in [0.25, 0.3) is 0 Å². The third-order valence-corrected chi connectivity index (χ3v) is 3.70. The summed E-state index contributed by atoms with van der Waals surface area (Å²) < 4.78 is 0. The van der Waals surface area contributed by atoms with Gasteiger partial charge in [-0.1, -0.05) is 43.3 Å². The molecular weight excluding hydrogens is 222 g/mol. The Morgan fingerprint density at radius 2 is 2.06 bits per heavy atom. The van der Waals surface area contributed by atoms with Crippen LogP contribution in [-0.4, -0.2) is 23.4 Å². The van der Waals surface area contributed by atoms with Crippen LogP contribution in [0, 0.1) is 6.92 Å². The third-order valence-electron chi connectivity index (χ3n) is 3.70. The fourth-order valence-corrected chi connectivity index (χ4v) is 2.61. The van der Waals surface area contributed by atoms with Gasteiger partial charge in [-0.05, 0) is 30.9 Å². The summed E-state index contributed by atoms with van der Waals surface area (Å²) in [5.74, 6) is 0.273. The molecule has 1 aliphatic heterocycles. The van der Waals surface area contributed by atoms with E-state index >= 15 is 0 Å². The molecule has 2 rings (SSSR count). The number of carbonyl (C=O) groups excluding carboxylic acids is 1. The molecule has 0 N–H and O–H groups in total. The Balaban J connectivity index is 2.19. The molecule has 2 nitrogen and oxygen atoms in total. The zero-order valence-corrected chi connectivity index (χ0v) is 11.3. The van der Waals surface area contributed by atoms with Crippen LogP contribution in [-0.2, 0) is 4.79 Å². The van der Waals surface area contributed by atoms with Gasteiger partial charge in [-0.15, -0.1) is 0 Å². The number of benzene rings is 1. The van der Waals surface area contributed by atoms with E-state index in [1.165, 1.54) is 5.56 Å². The smallest absolute Gasteiger partial charge is 0.223 e. The van der Waals surface area contributed by atoms with E-state index < -0.39 is 0 Å². The van der Waals surface area contributed by atoms with Crippen LogP contribution in [0.2, 0.25) is 0 Å². The zero-order valence-electron chi connectivity index (χ0n) is 11.3. The van der Waals surface area contributed by atoms with E-state index in [0.717, 1.165) is 30.5 Å². The van der Waals surface area contributed by atoms with Crippen LogP contribution in [0.15, 0.2) is 30.8 Å². The summed E-state index contributed by atoms with van der Waals surface area (Å²) in [5, 5.41) is 0. The van der Waals surface area contributed by atoms with Gasteiger partial charge in [-0.3, -0.25) is 4.79 Å². The van der Waals surface area contributed by atoms with Gasteiger partial charge < -0.3 is 4.90 Å². The topological polar surface area (TPSA) is 20.3 Å². The van der Waals surface area contributed by atoms with Crippen molar-refractivity contribution in [2.24, 2.45) is 0 Å². The highest BCUT2D eigenvalue weighted by molar-refractivity contribution is 5.82. The quantitative estimate of drug-likeness (QED) is 0.793. The predicted octanol–water partition coefficient (Wildman–Crippen LogP) is 3.41. The van der Waals surface area contributed by atoms with E-state index in [-0.39, 0.29) is 11.9 Å². The van der Waals surface area contributed by atoms with Gasteiger partial charge in [-0.2, -0.15) is 0 Å². The summed E-state index contributed by atoms with van der Waals surface area (Å²) >= 11 is 0. The number of likely N-dealkylation sites (tertiary alicyclic amines) is 1. The minimum absolute atomic E-state index is 0.155. The lowest BCUT2D eigenvalue weighted by atomic mass is 9.96. The Bertz CT molecular complexity index is 447. The van der Waals surface area contributed by atoms with Gasteiger partial charge in [0, 0.05) is 13.0 Å². The summed E-state index contributed by atoms with van der Waals surface area (Å²) in [7, 11) is 0. The number of amides is 1. The highest BCUT2D eigenvalue weighted by Crippen LogP contribution is 2.26. The van der Waals surface area contributed by atoms with Crippen LogP contribution in [0.1, 0.15) is 37.3 Å². The first-order valence-electron chi connectivity index (χ1n) is 6.68. The van der Waals surface area contributed by atoms with E-state index in [4.69, 9.17) is 0 Å². The first kappa shape index (κ1) is 12.9. The van der Waals surface area contributed by atoms with Gasteiger partial charge in [0.1, 0.15) is 0 Å². The largest absolute Gasteiger partial charge is 0.336 e. The van der Waals surface area contributed by atoms with E-state index in [2.05, 4.69) is 44.7 Å². The number of hydrogen-bond acceptors (Lipinski definition) is 1. The van der Waals surface area contributed by atoms with Crippen molar-refractivity contribution in [2.75, 3.05) is 6.54 Å². The van der Waals surface area contributed by atoms with Gasteiger partial charge in [0.2, 0.25) is 5.91 Å². The van der Waals surface area contributed by atoms with Gasteiger partial charge >= 0.3 is 0 Å². The molecule has 18 heavy (non-hydrogen) atoms. The summed E-state index contributed by atoms with van der Waals surface area (Å²) in [5.41, 5.74) is 3.46. The van der Waals surface area contributed by atoms with Crippen LogP contribution in [0.3, 0.4) is 0 Å². The maximum atomic E-state index is 11.8. The van der Waals surface area contributed by atoms with Crippen LogP contribution in [0.25, 0.3) is 5.57 Å². The van der Waals surface area contributed by atoms with Crippen molar-refractivity contribution in [3.8, 4) is 0 Å². The second-order valence-corrected chi connectivity index (χ2v) is 5.01. The van der Waals surface area contributed by atoms with Crippen LogP contribution >= 0.6 is 0 Å². The summed E-state index contributed by atoms with van der Waals surface area (Å²) in [4.78, 5) is 13.8. The molecule has 1 aromatic carbocycles. The Labute approximate surface area is 109 Å². The highest BCUT2D eigenvalue weighted by Gasteiger charge is 2.28. The monoisotopic (exact) mass is 243 g/mol. The molecule has 0 spiro atoms. The van der Waals surface area contributed by atoms with Crippen molar-refractivity contribution >= 4 is 11.5 Å². The lowest BCUT2D eigenvalue weighted by molar-refractivity contribution is -0.128. The molecule has 96 valence electrons.